The molecule has 2 rings (SSSR count). The minimum absolute atomic E-state index is 0.507. The van der Waals surface area contributed by atoms with Crippen molar-refractivity contribution in [2.45, 2.75) is 6.92 Å². The predicted molar refractivity (Wildman–Crippen MR) is 66.8 cm³/mol. The summed E-state index contributed by atoms with van der Waals surface area (Å²) in [7, 11) is 0. The van der Waals surface area contributed by atoms with E-state index in [1.807, 2.05) is 31.2 Å². The van der Waals surface area contributed by atoms with Crippen molar-refractivity contribution in [3.05, 3.63) is 53.6 Å². The van der Waals surface area contributed by atoms with Gasteiger partial charge >= 0.3 is 0 Å². The Morgan fingerprint density at radius 1 is 1.12 bits per heavy atom. The molecule has 0 aliphatic rings. The van der Waals surface area contributed by atoms with Crippen molar-refractivity contribution in [3.8, 4) is 17.6 Å². The maximum Gasteiger partial charge on any atom is 0.151 e. The SMILES string of the molecule is Cc1ccc(Oc2cc(C#N)ccc2N)cc1. The number of aryl methyl sites for hydroxylation is 1. The highest BCUT2D eigenvalue weighted by Crippen LogP contribution is 2.28. The van der Waals surface area contributed by atoms with Gasteiger partial charge in [0.2, 0.25) is 0 Å². The fourth-order valence-corrected chi connectivity index (χ4v) is 1.43. The van der Waals surface area contributed by atoms with E-state index in [-0.39, 0.29) is 0 Å². The first-order chi connectivity index (χ1) is 8.19. The molecule has 17 heavy (non-hydrogen) atoms. The van der Waals surface area contributed by atoms with Crippen LogP contribution in [0.2, 0.25) is 0 Å². The molecule has 0 radical (unpaired) electrons. The normalized spacial score (nSPS) is 9.65. The number of nitriles is 1. The van der Waals surface area contributed by atoms with Crippen molar-refractivity contribution in [2.75, 3.05) is 5.73 Å². The van der Waals surface area contributed by atoms with Gasteiger partial charge in [-0.3, -0.25) is 0 Å². The Hall–Kier alpha value is -2.47. The molecule has 84 valence electrons. The Kier molecular flexibility index (Phi) is 2.97. The van der Waals surface area contributed by atoms with Crippen LogP contribution in [0.4, 0.5) is 5.69 Å². The van der Waals surface area contributed by atoms with E-state index in [0.29, 0.717) is 22.7 Å². The number of hydrogen-bond acceptors (Lipinski definition) is 3. The Bertz CT molecular complexity index is 568. The van der Waals surface area contributed by atoms with Gasteiger partial charge in [-0.2, -0.15) is 5.26 Å². The van der Waals surface area contributed by atoms with E-state index >= 15 is 0 Å². The minimum atomic E-state index is 0.507. The highest BCUT2D eigenvalue weighted by molar-refractivity contribution is 5.57. The van der Waals surface area contributed by atoms with Gasteiger partial charge in [-0.25, -0.2) is 0 Å². The lowest BCUT2D eigenvalue weighted by Crippen LogP contribution is -1.92. The van der Waals surface area contributed by atoms with E-state index in [0.717, 1.165) is 5.56 Å². The van der Waals surface area contributed by atoms with Crippen LogP contribution in [0.3, 0.4) is 0 Å². The molecule has 2 N–H and O–H groups in total. The van der Waals surface area contributed by atoms with E-state index in [9.17, 15) is 0 Å². The average molecular weight is 224 g/mol. The molecule has 0 aromatic heterocycles. The summed E-state index contributed by atoms with van der Waals surface area (Å²) in [6.07, 6.45) is 0. The molecule has 0 bridgehead atoms. The van der Waals surface area contributed by atoms with Crippen molar-refractivity contribution in [1.82, 2.24) is 0 Å². The van der Waals surface area contributed by atoms with Crippen LogP contribution >= 0.6 is 0 Å². The van der Waals surface area contributed by atoms with Crippen molar-refractivity contribution in [3.63, 3.8) is 0 Å². The molecule has 0 fully saturated rings. The number of nitrogens with two attached hydrogens (primary N) is 1. The third-order valence-electron chi connectivity index (χ3n) is 2.39. The van der Waals surface area contributed by atoms with Gasteiger partial charge in [-0.05, 0) is 31.2 Å². The molecule has 0 unspecified atom stereocenters. The van der Waals surface area contributed by atoms with Gasteiger partial charge < -0.3 is 10.5 Å². The number of nitrogen functional groups attached to an aromatic ring is 1. The van der Waals surface area contributed by atoms with Gasteiger partial charge in [0.15, 0.2) is 5.75 Å². The molecule has 2 aromatic rings. The smallest absolute Gasteiger partial charge is 0.151 e. The zero-order chi connectivity index (χ0) is 12.3. The van der Waals surface area contributed by atoms with E-state index in [4.69, 9.17) is 15.7 Å². The molecule has 3 nitrogen and oxygen atoms in total. The summed E-state index contributed by atoms with van der Waals surface area (Å²) >= 11 is 0. The largest absolute Gasteiger partial charge is 0.455 e. The van der Waals surface area contributed by atoms with Crippen molar-refractivity contribution in [1.29, 1.82) is 5.26 Å². The molecule has 0 atom stereocenters. The molecule has 0 heterocycles. The van der Waals surface area contributed by atoms with Crippen LogP contribution in [0.1, 0.15) is 11.1 Å². The molecule has 0 amide bonds. The molecule has 2 aromatic carbocycles. The zero-order valence-electron chi connectivity index (χ0n) is 9.47. The highest BCUT2D eigenvalue weighted by atomic mass is 16.5. The number of rotatable bonds is 2. The summed E-state index contributed by atoms with van der Waals surface area (Å²) in [5.74, 6) is 1.21. The van der Waals surface area contributed by atoms with Crippen LogP contribution in [-0.2, 0) is 0 Å². The predicted octanol–water partition coefficient (Wildman–Crippen LogP) is 3.24. The van der Waals surface area contributed by atoms with E-state index < -0.39 is 0 Å². The second-order valence-electron chi connectivity index (χ2n) is 3.78. The lowest BCUT2D eigenvalue weighted by atomic mass is 10.2. The summed E-state index contributed by atoms with van der Waals surface area (Å²) in [4.78, 5) is 0. The van der Waals surface area contributed by atoms with E-state index in [1.54, 1.807) is 18.2 Å². The van der Waals surface area contributed by atoms with Crippen LogP contribution in [0.5, 0.6) is 11.5 Å². The van der Waals surface area contributed by atoms with E-state index in [1.165, 1.54) is 0 Å². The van der Waals surface area contributed by atoms with Gasteiger partial charge in [0, 0.05) is 6.07 Å². The molecule has 0 saturated heterocycles. The van der Waals surface area contributed by atoms with Crippen LogP contribution in [-0.4, -0.2) is 0 Å². The number of ether oxygens (including phenoxy) is 1. The van der Waals surface area contributed by atoms with Crippen LogP contribution in [0.25, 0.3) is 0 Å². The van der Waals surface area contributed by atoms with Crippen LogP contribution < -0.4 is 10.5 Å². The lowest BCUT2D eigenvalue weighted by molar-refractivity contribution is 0.485. The summed E-state index contributed by atoms with van der Waals surface area (Å²) in [5.41, 5.74) is 8.00. The first-order valence-corrected chi connectivity index (χ1v) is 5.23. The standard InChI is InChI=1S/C14H12N2O/c1-10-2-5-12(6-3-10)17-14-8-11(9-15)4-7-13(14)16/h2-8H,16H2,1H3. The third-order valence-corrected chi connectivity index (χ3v) is 2.39. The summed E-state index contributed by atoms with van der Waals surface area (Å²) in [5, 5.41) is 8.81. The molecule has 0 saturated carbocycles. The maximum absolute atomic E-state index is 8.81. The minimum Gasteiger partial charge on any atom is -0.455 e. The third kappa shape index (κ3) is 2.56. The number of benzene rings is 2. The molecule has 0 aliphatic carbocycles. The second-order valence-corrected chi connectivity index (χ2v) is 3.78. The first-order valence-electron chi connectivity index (χ1n) is 5.23. The fraction of sp³-hybridized carbons (Fsp3) is 0.0714. The van der Waals surface area contributed by atoms with Crippen molar-refractivity contribution < 1.29 is 4.74 Å². The van der Waals surface area contributed by atoms with Gasteiger partial charge in [-0.15, -0.1) is 0 Å². The van der Waals surface area contributed by atoms with Gasteiger partial charge in [0.05, 0.1) is 17.3 Å². The Balaban J connectivity index is 2.29. The molecule has 0 spiro atoms. The Morgan fingerprint density at radius 2 is 1.82 bits per heavy atom. The average Bonchev–Trinajstić information content (AvgIpc) is 2.35. The first kappa shape index (κ1) is 11.0. The Morgan fingerprint density at radius 3 is 2.47 bits per heavy atom. The monoisotopic (exact) mass is 224 g/mol. The molecule has 3 heteroatoms. The lowest BCUT2D eigenvalue weighted by Gasteiger charge is -2.08. The number of nitrogens with zero attached hydrogens (tertiary/aromatic N) is 1. The number of anilines is 1. The summed E-state index contributed by atoms with van der Waals surface area (Å²) in [6.45, 7) is 2.01. The highest BCUT2D eigenvalue weighted by Gasteiger charge is 2.03. The second kappa shape index (κ2) is 4.58. The topological polar surface area (TPSA) is 59.0 Å². The van der Waals surface area contributed by atoms with Crippen LogP contribution in [0.15, 0.2) is 42.5 Å². The summed E-state index contributed by atoms with van der Waals surface area (Å²) < 4.78 is 5.63. The molecular weight excluding hydrogens is 212 g/mol. The maximum atomic E-state index is 8.81. The fourth-order valence-electron chi connectivity index (χ4n) is 1.43. The van der Waals surface area contributed by atoms with Gasteiger partial charge in [0.1, 0.15) is 5.75 Å². The van der Waals surface area contributed by atoms with Gasteiger partial charge in [0.25, 0.3) is 0 Å². The van der Waals surface area contributed by atoms with Crippen molar-refractivity contribution in [2.24, 2.45) is 0 Å². The Labute approximate surface area is 100 Å². The summed E-state index contributed by atoms with van der Waals surface area (Å²) in [6, 6.07) is 14.7. The molecular formula is C14H12N2O. The quantitative estimate of drug-likeness (QED) is 0.796. The van der Waals surface area contributed by atoms with Crippen molar-refractivity contribution >= 4 is 5.69 Å². The van der Waals surface area contributed by atoms with E-state index in [2.05, 4.69) is 6.07 Å². The van der Waals surface area contributed by atoms with Crippen LogP contribution in [0, 0.1) is 18.3 Å². The van der Waals surface area contributed by atoms with Gasteiger partial charge in [-0.1, -0.05) is 17.7 Å². The molecule has 0 aliphatic heterocycles. The zero-order valence-corrected chi connectivity index (χ0v) is 9.47. The number of hydrogen-bond donors (Lipinski definition) is 1.